The fourth-order valence-electron chi connectivity index (χ4n) is 4.27. The van der Waals surface area contributed by atoms with Crippen LogP contribution in [-0.2, 0) is 9.53 Å². The largest absolute Gasteiger partial charge is 0.507 e. The van der Waals surface area contributed by atoms with Gasteiger partial charge in [-0.05, 0) is 66.9 Å². The first kappa shape index (κ1) is 28.5. The molecule has 0 radical (unpaired) electrons. The summed E-state index contributed by atoms with van der Waals surface area (Å²) in [5, 5.41) is 23.4. The lowest BCUT2D eigenvalue weighted by molar-refractivity contribution is -0.124. The lowest BCUT2D eigenvalue weighted by Gasteiger charge is -2.29. The van der Waals surface area contributed by atoms with Crippen LogP contribution in [0.25, 0.3) is 10.8 Å². The number of anilines is 1. The van der Waals surface area contributed by atoms with Crippen LogP contribution in [0.4, 0.5) is 10.5 Å². The molecule has 206 valence electrons. The number of rotatable bonds is 11. The summed E-state index contributed by atoms with van der Waals surface area (Å²) >= 11 is 1.60. The molecule has 0 aliphatic rings. The van der Waals surface area contributed by atoms with Crippen LogP contribution in [-0.4, -0.2) is 34.7 Å². The van der Waals surface area contributed by atoms with Gasteiger partial charge in [-0.3, -0.25) is 15.3 Å². The SMILES string of the molecule is CSc1ccc(NC(=O)O[C@H](c2ccc(O)c3ccccc23)[C@@H](CC/C=C/C(=O)NO)Oc2ccccc2)cc1. The Bertz CT molecular complexity index is 1460. The summed E-state index contributed by atoms with van der Waals surface area (Å²) in [4.78, 5) is 25.8. The van der Waals surface area contributed by atoms with Gasteiger partial charge in [-0.1, -0.05) is 54.6 Å². The summed E-state index contributed by atoms with van der Waals surface area (Å²) in [5.41, 5.74) is 2.80. The molecule has 8 nitrogen and oxygen atoms in total. The molecule has 40 heavy (non-hydrogen) atoms. The van der Waals surface area contributed by atoms with Crippen molar-refractivity contribution in [3.8, 4) is 11.5 Å². The van der Waals surface area contributed by atoms with E-state index >= 15 is 0 Å². The second-order valence-corrected chi connectivity index (χ2v) is 9.70. The third kappa shape index (κ3) is 7.56. The fourth-order valence-corrected chi connectivity index (χ4v) is 4.67. The zero-order valence-corrected chi connectivity index (χ0v) is 22.6. The van der Waals surface area contributed by atoms with Gasteiger partial charge in [0.25, 0.3) is 5.91 Å². The first-order valence-electron chi connectivity index (χ1n) is 12.6. The number of amides is 2. The van der Waals surface area contributed by atoms with Crippen molar-refractivity contribution in [1.29, 1.82) is 0 Å². The van der Waals surface area contributed by atoms with Crippen LogP contribution in [0.3, 0.4) is 0 Å². The average Bonchev–Trinajstić information content (AvgIpc) is 2.99. The number of ether oxygens (including phenoxy) is 2. The molecule has 0 fully saturated rings. The topological polar surface area (TPSA) is 117 Å². The number of hydrogen-bond acceptors (Lipinski definition) is 7. The molecule has 2 amide bonds. The maximum absolute atomic E-state index is 13.2. The Hall–Kier alpha value is -4.47. The van der Waals surface area contributed by atoms with Gasteiger partial charge < -0.3 is 14.6 Å². The summed E-state index contributed by atoms with van der Waals surface area (Å²) in [6.07, 6.45) is 3.30. The zero-order valence-electron chi connectivity index (χ0n) is 21.8. The molecule has 0 unspecified atom stereocenters. The van der Waals surface area contributed by atoms with Crippen molar-refractivity contribution in [3.63, 3.8) is 0 Å². The van der Waals surface area contributed by atoms with Crippen molar-refractivity contribution in [3.05, 3.63) is 109 Å². The maximum atomic E-state index is 13.2. The minimum absolute atomic E-state index is 0.106. The van der Waals surface area contributed by atoms with Crippen LogP contribution >= 0.6 is 11.8 Å². The van der Waals surface area contributed by atoms with Gasteiger partial charge in [0.1, 0.15) is 17.6 Å². The van der Waals surface area contributed by atoms with Crippen molar-refractivity contribution in [1.82, 2.24) is 5.48 Å². The summed E-state index contributed by atoms with van der Waals surface area (Å²) in [6, 6.07) is 27.2. The van der Waals surface area contributed by atoms with Gasteiger partial charge in [-0.2, -0.15) is 0 Å². The highest BCUT2D eigenvalue weighted by molar-refractivity contribution is 7.98. The highest BCUT2D eigenvalue weighted by atomic mass is 32.2. The van der Waals surface area contributed by atoms with E-state index in [1.807, 2.05) is 54.8 Å². The smallest absolute Gasteiger partial charge is 0.412 e. The third-order valence-electron chi connectivity index (χ3n) is 6.18. The number of thioether (sulfide) groups is 1. The van der Waals surface area contributed by atoms with Crippen molar-refractivity contribution >= 4 is 40.2 Å². The molecular weight excluding hydrogens is 528 g/mol. The standard InChI is InChI=1S/C31H30N2O6S/c1-40-23-17-15-21(16-18-23)32-31(36)39-30(26-19-20-27(34)25-12-6-5-11-24(25)26)28(13-7-8-14-29(35)33-37)38-22-9-3-2-4-10-22/h2-6,8-12,14-20,28,30,34,37H,7,13H2,1H3,(H,32,36)(H,33,35)/b14-8+/t28-,30-/m1/s1. The number of hydrogen-bond donors (Lipinski definition) is 4. The number of carbonyl (C=O) groups is 2. The number of benzene rings is 4. The molecule has 9 heteroatoms. The molecule has 4 N–H and O–H groups in total. The molecule has 4 aromatic rings. The summed E-state index contributed by atoms with van der Waals surface area (Å²) in [6.45, 7) is 0. The van der Waals surface area contributed by atoms with E-state index in [1.54, 1.807) is 65.8 Å². The highest BCUT2D eigenvalue weighted by Gasteiger charge is 2.31. The summed E-state index contributed by atoms with van der Waals surface area (Å²) in [5.74, 6) is 0.0361. The fraction of sp³-hybridized carbons (Fsp3) is 0.161. The molecule has 0 aliphatic carbocycles. The lowest BCUT2D eigenvalue weighted by Crippen LogP contribution is -2.31. The predicted molar refractivity (Wildman–Crippen MR) is 156 cm³/mol. The monoisotopic (exact) mass is 558 g/mol. The molecule has 2 atom stereocenters. The van der Waals surface area contributed by atoms with E-state index in [0.717, 1.165) is 4.90 Å². The van der Waals surface area contributed by atoms with Gasteiger partial charge in [0.2, 0.25) is 0 Å². The first-order valence-corrected chi connectivity index (χ1v) is 13.9. The molecule has 4 rings (SSSR count). The Labute approximate surface area is 236 Å². The minimum atomic E-state index is -0.892. The molecule has 0 aromatic heterocycles. The van der Waals surface area contributed by atoms with E-state index in [0.29, 0.717) is 40.6 Å². The van der Waals surface area contributed by atoms with Crippen LogP contribution in [0, 0.1) is 0 Å². The first-order chi connectivity index (χ1) is 19.5. The van der Waals surface area contributed by atoms with Crippen LogP contribution in [0.15, 0.2) is 108 Å². The maximum Gasteiger partial charge on any atom is 0.412 e. The lowest BCUT2D eigenvalue weighted by atomic mass is 9.94. The van der Waals surface area contributed by atoms with Gasteiger partial charge >= 0.3 is 6.09 Å². The third-order valence-corrected chi connectivity index (χ3v) is 6.92. The number of hydroxylamine groups is 1. The second kappa shape index (κ2) is 14.1. The van der Waals surface area contributed by atoms with Crippen LogP contribution in [0.2, 0.25) is 0 Å². The normalized spacial score (nSPS) is 12.6. The number of carbonyl (C=O) groups excluding carboxylic acids is 2. The Kier molecular flexibility index (Phi) is 10.0. The number of aromatic hydroxyl groups is 1. The summed E-state index contributed by atoms with van der Waals surface area (Å²) < 4.78 is 12.4. The van der Waals surface area contributed by atoms with Crippen LogP contribution < -0.4 is 15.5 Å². The van der Waals surface area contributed by atoms with Crippen LogP contribution in [0.1, 0.15) is 24.5 Å². The molecule has 0 heterocycles. The molecule has 0 saturated heterocycles. The number of nitrogens with one attached hydrogen (secondary N) is 2. The van der Waals surface area contributed by atoms with Crippen molar-refractivity contribution in [2.75, 3.05) is 11.6 Å². The Morgan fingerprint density at radius 1 is 0.925 bits per heavy atom. The molecule has 0 spiro atoms. The van der Waals surface area contributed by atoms with Crippen molar-refractivity contribution in [2.45, 2.75) is 29.9 Å². The number of phenolic OH excluding ortho intramolecular Hbond substituents is 1. The molecule has 0 bridgehead atoms. The second-order valence-electron chi connectivity index (χ2n) is 8.82. The molecule has 0 aliphatic heterocycles. The molecule has 4 aromatic carbocycles. The number of phenols is 1. The number of para-hydroxylation sites is 1. The van der Waals surface area contributed by atoms with Gasteiger partial charge in [0.15, 0.2) is 6.10 Å². The minimum Gasteiger partial charge on any atom is -0.507 e. The van der Waals surface area contributed by atoms with Gasteiger partial charge in [-0.15, -0.1) is 11.8 Å². The Morgan fingerprint density at radius 3 is 2.33 bits per heavy atom. The quantitative estimate of drug-likeness (QED) is 0.0689. The Balaban J connectivity index is 1.70. The van der Waals surface area contributed by atoms with Crippen molar-refractivity contribution in [2.24, 2.45) is 0 Å². The van der Waals surface area contributed by atoms with Gasteiger partial charge in [-0.25, -0.2) is 10.3 Å². The average molecular weight is 559 g/mol. The van der Waals surface area contributed by atoms with E-state index < -0.39 is 24.2 Å². The van der Waals surface area contributed by atoms with E-state index in [9.17, 15) is 14.7 Å². The van der Waals surface area contributed by atoms with Crippen molar-refractivity contribution < 1.29 is 29.4 Å². The van der Waals surface area contributed by atoms with Gasteiger partial charge in [0, 0.05) is 27.6 Å². The van der Waals surface area contributed by atoms with E-state index in [2.05, 4.69) is 5.32 Å². The number of allylic oxidation sites excluding steroid dienone is 1. The molecule has 0 saturated carbocycles. The van der Waals surface area contributed by atoms with E-state index in [1.165, 1.54) is 6.08 Å². The molecular formula is C31H30N2O6S. The van der Waals surface area contributed by atoms with E-state index in [4.69, 9.17) is 14.7 Å². The number of fused-ring (bicyclic) bond motifs is 1. The summed E-state index contributed by atoms with van der Waals surface area (Å²) in [7, 11) is 0. The zero-order chi connectivity index (χ0) is 28.3. The highest BCUT2D eigenvalue weighted by Crippen LogP contribution is 2.36. The predicted octanol–water partition coefficient (Wildman–Crippen LogP) is 6.85. The van der Waals surface area contributed by atoms with Crippen LogP contribution in [0.5, 0.6) is 11.5 Å². The van der Waals surface area contributed by atoms with Gasteiger partial charge in [0.05, 0.1) is 0 Å². The van der Waals surface area contributed by atoms with E-state index in [-0.39, 0.29) is 5.75 Å². The Morgan fingerprint density at radius 2 is 1.62 bits per heavy atom.